The summed E-state index contributed by atoms with van der Waals surface area (Å²) in [4.78, 5) is 4.25. The number of rotatable bonds is 3. The van der Waals surface area contributed by atoms with Gasteiger partial charge in [0.15, 0.2) is 0 Å². The fourth-order valence-corrected chi connectivity index (χ4v) is 1.54. The summed E-state index contributed by atoms with van der Waals surface area (Å²) in [5.41, 5.74) is 1.47. The highest BCUT2D eigenvalue weighted by Gasteiger charge is 2.06. The maximum absolute atomic E-state index is 13.2. The zero-order valence-corrected chi connectivity index (χ0v) is 9.90. The molecule has 16 heavy (non-hydrogen) atoms. The summed E-state index contributed by atoms with van der Waals surface area (Å²) < 4.78 is 13.2. The van der Waals surface area contributed by atoms with Crippen LogP contribution in [0.4, 0.5) is 10.1 Å². The predicted octanol–water partition coefficient (Wildman–Crippen LogP) is 1.97. The fourth-order valence-electron chi connectivity index (χ4n) is 1.54. The van der Waals surface area contributed by atoms with Crippen molar-refractivity contribution in [1.82, 2.24) is 5.32 Å². The van der Waals surface area contributed by atoms with Gasteiger partial charge in [-0.05, 0) is 19.1 Å². The Morgan fingerprint density at radius 1 is 1.50 bits per heavy atom. The third-order valence-electron chi connectivity index (χ3n) is 2.46. The van der Waals surface area contributed by atoms with Gasteiger partial charge in [0.2, 0.25) is 0 Å². The lowest BCUT2D eigenvalue weighted by molar-refractivity contribution is 0.619. The first-order valence-electron chi connectivity index (χ1n) is 5.03. The number of halogens is 2. The van der Waals surface area contributed by atoms with Crippen molar-refractivity contribution in [1.29, 1.82) is 0 Å². The molecule has 0 unspecified atom stereocenters. The molecule has 88 valence electrons. The van der Waals surface area contributed by atoms with E-state index in [0.717, 1.165) is 24.6 Å². The molecule has 2 rings (SSSR count). The van der Waals surface area contributed by atoms with Gasteiger partial charge in [-0.2, -0.15) is 0 Å². The second-order valence-electron chi connectivity index (χ2n) is 3.52. The highest BCUT2D eigenvalue weighted by atomic mass is 35.5. The quantitative estimate of drug-likeness (QED) is 0.852. The van der Waals surface area contributed by atoms with Gasteiger partial charge in [0.25, 0.3) is 0 Å². The molecule has 0 aliphatic carbocycles. The summed E-state index contributed by atoms with van der Waals surface area (Å²) in [5, 5.41) is 6.32. The van der Waals surface area contributed by atoms with Crippen LogP contribution in [-0.4, -0.2) is 25.5 Å². The van der Waals surface area contributed by atoms with Crippen LogP contribution in [0.3, 0.4) is 0 Å². The summed E-state index contributed by atoms with van der Waals surface area (Å²) in [6.45, 7) is 4.13. The zero-order valence-electron chi connectivity index (χ0n) is 9.09. The van der Waals surface area contributed by atoms with E-state index >= 15 is 0 Å². The first-order chi connectivity index (χ1) is 7.27. The highest BCUT2D eigenvalue weighted by Crippen LogP contribution is 2.16. The van der Waals surface area contributed by atoms with Crippen molar-refractivity contribution < 1.29 is 4.39 Å². The molecular formula is C11H15ClFN3. The number of amidine groups is 1. The third kappa shape index (κ3) is 2.85. The summed E-state index contributed by atoms with van der Waals surface area (Å²) in [7, 11) is 0. The second-order valence-corrected chi connectivity index (χ2v) is 3.52. The van der Waals surface area contributed by atoms with Crippen LogP contribution in [0.5, 0.6) is 0 Å². The molecule has 0 atom stereocenters. The number of hydrogen-bond acceptors (Lipinski definition) is 3. The summed E-state index contributed by atoms with van der Waals surface area (Å²) in [5.74, 6) is 0.764. The van der Waals surface area contributed by atoms with Gasteiger partial charge >= 0.3 is 0 Å². The van der Waals surface area contributed by atoms with Gasteiger partial charge in [0.05, 0.1) is 13.1 Å². The van der Waals surface area contributed by atoms with Crippen LogP contribution >= 0.6 is 12.4 Å². The van der Waals surface area contributed by atoms with Crippen LogP contribution in [0.15, 0.2) is 23.2 Å². The number of nitrogens with one attached hydrogen (secondary N) is 2. The largest absolute Gasteiger partial charge is 0.378 e. The Balaban J connectivity index is 0.00000128. The van der Waals surface area contributed by atoms with E-state index in [1.807, 2.05) is 6.07 Å². The molecule has 3 nitrogen and oxygen atoms in total. The smallest absolute Gasteiger partial charge is 0.128 e. The third-order valence-corrected chi connectivity index (χ3v) is 2.46. The molecule has 0 amide bonds. The zero-order chi connectivity index (χ0) is 10.7. The molecule has 0 bridgehead atoms. The van der Waals surface area contributed by atoms with Crippen LogP contribution < -0.4 is 10.6 Å². The lowest BCUT2D eigenvalue weighted by Crippen LogP contribution is -2.26. The second kappa shape index (κ2) is 5.70. The van der Waals surface area contributed by atoms with Crippen LogP contribution in [0, 0.1) is 12.7 Å². The normalized spacial score (nSPS) is 13.8. The SMILES string of the molecule is Cc1c(F)cccc1NCC1=NCCN1.Cl. The van der Waals surface area contributed by atoms with Crippen molar-refractivity contribution in [3.8, 4) is 0 Å². The van der Waals surface area contributed by atoms with Crippen molar-refractivity contribution in [3.63, 3.8) is 0 Å². The Kier molecular flexibility index (Phi) is 4.55. The Morgan fingerprint density at radius 2 is 2.31 bits per heavy atom. The molecule has 1 heterocycles. The predicted molar refractivity (Wildman–Crippen MR) is 67.2 cm³/mol. The van der Waals surface area contributed by atoms with E-state index in [2.05, 4.69) is 15.6 Å². The molecule has 0 radical (unpaired) electrons. The van der Waals surface area contributed by atoms with Gasteiger partial charge in [-0.3, -0.25) is 4.99 Å². The Hall–Kier alpha value is -1.29. The number of aliphatic imine (C=N–C) groups is 1. The Bertz CT molecular complexity index is 393. The molecule has 0 aromatic heterocycles. The molecular weight excluding hydrogens is 229 g/mol. The average molecular weight is 244 g/mol. The van der Waals surface area contributed by atoms with Crippen molar-refractivity contribution in [2.24, 2.45) is 4.99 Å². The summed E-state index contributed by atoms with van der Waals surface area (Å²) >= 11 is 0. The molecule has 1 aliphatic rings. The molecule has 1 aromatic carbocycles. The average Bonchev–Trinajstić information content (AvgIpc) is 2.73. The first-order valence-corrected chi connectivity index (χ1v) is 5.03. The van der Waals surface area contributed by atoms with Crippen molar-refractivity contribution >= 4 is 23.9 Å². The van der Waals surface area contributed by atoms with Crippen molar-refractivity contribution in [3.05, 3.63) is 29.6 Å². The first kappa shape index (κ1) is 12.8. The maximum atomic E-state index is 13.2. The molecule has 1 aromatic rings. The maximum Gasteiger partial charge on any atom is 0.128 e. The number of anilines is 1. The van der Waals surface area contributed by atoms with Gasteiger partial charge in [-0.1, -0.05) is 6.07 Å². The fraction of sp³-hybridized carbons (Fsp3) is 0.364. The lowest BCUT2D eigenvalue weighted by atomic mass is 10.2. The number of nitrogens with zero attached hydrogens (tertiary/aromatic N) is 1. The number of hydrogen-bond donors (Lipinski definition) is 2. The summed E-state index contributed by atoms with van der Waals surface area (Å²) in [6.07, 6.45) is 0. The molecule has 0 fully saturated rings. The van der Waals surface area contributed by atoms with Gasteiger partial charge in [-0.15, -0.1) is 12.4 Å². The minimum Gasteiger partial charge on any atom is -0.378 e. The van der Waals surface area contributed by atoms with Crippen LogP contribution in [-0.2, 0) is 0 Å². The van der Waals surface area contributed by atoms with Crippen LogP contribution in [0.1, 0.15) is 5.56 Å². The lowest BCUT2D eigenvalue weighted by Gasteiger charge is -2.09. The molecule has 1 aliphatic heterocycles. The van der Waals surface area contributed by atoms with E-state index in [1.54, 1.807) is 13.0 Å². The molecule has 0 spiro atoms. The van der Waals surface area contributed by atoms with Crippen molar-refractivity contribution in [2.45, 2.75) is 6.92 Å². The van der Waals surface area contributed by atoms with Gasteiger partial charge in [-0.25, -0.2) is 4.39 Å². The van der Waals surface area contributed by atoms with E-state index in [1.165, 1.54) is 6.07 Å². The monoisotopic (exact) mass is 243 g/mol. The Morgan fingerprint density at radius 3 is 3.00 bits per heavy atom. The van der Waals surface area contributed by atoms with E-state index in [9.17, 15) is 4.39 Å². The van der Waals surface area contributed by atoms with E-state index in [0.29, 0.717) is 12.1 Å². The van der Waals surface area contributed by atoms with Gasteiger partial charge < -0.3 is 10.6 Å². The van der Waals surface area contributed by atoms with E-state index < -0.39 is 0 Å². The van der Waals surface area contributed by atoms with Crippen LogP contribution in [0.2, 0.25) is 0 Å². The topological polar surface area (TPSA) is 36.4 Å². The minimum absolute atomic E-state index is 0. The van der Waals surface area contributed by atoms with Gasteiger partial charge in [0.1, 0.15) is 11.7 Å². The minimum atomic E-state index is -0.179. The standard InChI is InChI=1S/C11H14FN3.ClH/c1-8-9(12)3-2-4-10(8)15-7-11-13-5-6-14-11;/h2-4,15H,5-7H2,1H3,(H,13,14);1H. The Labute approximate surface area is 101 Å². The van der Waals surface area contributed by atoms with Crippen LogP contribution in [0.25, 0.3) is 0 Å². The molecule has 0 saturated heterocycles. The van der Waals surface area contributed by atoms with E-state index in [4.69, 9.17) is 0 Å². The summed E-state index contributed by atoms with van der Waals surface area (Å²) in [6, 6.07) is 5.04. The molecule has 2 N–H and O–H groups in total. The highest BCUT2D eigenvalue weighted by molar-refractivity contribution is 5.87. The molecule has 5 heteroatoms. The molecule has 0 saturated carbocycles. The van der Waals surface area contributed by atoms with Crippen molar-refractivity contribution in [2.75, 3.05) is 25.0 Å². The van der Waals surface area contributed by atoms with E-state index in [-0.39, 0.29) is 18.2 Å². The number of benzene rings is 1. The van der Waals surface area contributed by atoms with Gasteiger partial charge in [0, 0.05) is 17.8 Å².